The Kier molecular flexibility index (Phi) is 5.28. The van der Waals surface area contributed by atoms with Crippen molar-refractivity contribution in [1.82, 2.24) is 9.97 Å². The van der Waals surface area contributed by atoms with Crippen molar-refractivity contribution in [3.8, 4) is 10.6 Å². The van der Waals surface area contributed by atoms with Gasteiger partial charge in [0, 0.05) is 18.0 Å². The van der Waals surface area contributed by atoms with Gasteiger partial charge in [0.15, 0.2) is 10.1 Å². The summed E-state index contributed by atoms with van der Waals surface area (Å²) >= 11 is 2.45. The molecular weight excluding hydrogens is 388 g/mol. The first-order chi connectivity index (χ1) is 12.8. The molecule has 0 bridgehead atoms. The zero-order valence-corrected chi connectivity index (χ0v) is 15.9. The molecule has 0 radical (unpaired) electrons. The van der Waals surface area contributed by atoms with E-state index in [4.69, 9.17) is 5.11 Å². The SMILES string of the molecule is CC(=O)Nc1nc(C)c(-c2csc(C(=O)Nc3cccc(C(=O)O)c3)n2)s1. The van der Waals surface area contributed by atoms with Crippen LogP contribution in [0.15, 0.2) is 29.6 Å². The number of carboxylic acid groups (broad SMARTS) is 1. The number of aromatic nitrogens is 2. The van der Waals surface area contributed by atoms with Gasteiger partial charge in [-0.15, -0.1) is 11.3 Å². The third-order valence-corrected chi connectivity index (χ3v) is 5.31. The van der Waals surface area contributed by atoms with E-state index in [1.807, 2.05) is 0 Å². The van der Waals surface area contributed by atoms with Crippen LogP contribution in [0.2, 0.25) is 0 Å². The predicted molar refractivity (Wildman–Crippen MR) is 104 cm³/mol. The maximum absolute atomic E-state index is 12.4. The second-order valence-corrected chi connectivity index (χ2v) is 7.35. The fourth-order valence-corrected chi connectivity index (χ4v) is 3.99. The highest BCUT2D eigenvalue weighted by Crippen LogP contribution is 2.33. The third kappa shape index (κ3) is 4.36. The highest BCUT2D eigenvalue weighted by molar-refractivity contribution is 7.19. The van der Waals surface area contributed by atoms with E-state index in [-0.39, 0.29) is 16.5 Å². The minimum atomic E-state index is -1.07. The fourth-order valence-electron chi connectivity index (χ4n) is 2.23. The number of rotatable bonds is 5. The van der Waals surface area contributed by atoms with Crippen molar-refractivity contribution in [2.24, 2.45) is 0 Å². The molecule has 0 fully saturated rings. The van der Waals surface area contributed by atoms with Gasteiger partial charge in [0.2, 0.25) is 5.91 Å². The largest absolute Gasteiger partial charge is 0.478 e. The molecule has 27 heavy (non-hydrogen) atoms. The van der Waals surface area contributed by atoms with Crippen LogP contribution >= 0.6 is 22.7 Å². The van der Waals surface area contributed by atoms with Gasteiger partial charge in [0.1, 0.15) is 0 Å². The first-order valence-electron chi connectivity index (χ1n) is 7.69. The van der Waals surface area contributed by atoms with Crippen molar-refractivity contribution in [2.45, 2.75) is 13.8 Å². The predicted octanol–water partition coefficient (Wildman–Crippen LogP) is 3.48. The minimum absolute atomic E-state index is 0.0819. The van der Waals surface area contributed by atoms with Crippen LogP contribution in [0, 0.1) is 6.92 Å². The number of hydrogen-bond donors (Lipinski definition) is 3. The van der Waals surface area contributed by atoms with E-state index >= 15 is 0 Å². The Morgan fingerprint density at radius 2 is 1.93 bits per heavy atom. The molecule has 2 aromatic heterocycles. The second kappa shape index (κ2) is 7.64. The number of carbonyl (C=O) groups is 3. The number of aromatic carboxylic acids is 1. The van der Waals surface area contributed by atoms with Crippen molar-refractivity contribution in [3.63, 3.8) is 0 Å². The van der Waals surface area contributed by atoms with Gasteiger partial charge in [-0.1, -0.05) is 17.4 Å². The standard InChI is InChI=1S/C17H14N4O4S2/c1-8-13(27-17(18-8)19-9(2)22)12-7-26-15(21-12)14(23)20-11-5-3-4-10(6-11)16(24)25/h3-7H,1-2H3,(H,20,23)(H,24,25)(H,18,19,22). The van der Waals surface area contributed by atoms with E-state index < -0.39 is 11.9 Å². The van der Waals surface area contributed by atoms with Crippen LogP contribution in [0.5, 0.6) is 0 Å². The van der Waals surface area contributed by atoms with E-state index in [0.717, 1.165) is 4.88 Å². The molecule has 2 heterocycles. The van der Waals surface area contributed by atoms with E-state index in [2.05, 4.69) is 20.6 Å². The van der Waals surface area contributed by atoms with Gasteiger partial charge in [-0.25, -0.2) is 14.8 Å². The Balaban J connectivity index is 1.78. The topological polar surface area (TPSA) is 121 Å². The number of anilines is 2. The summed E-state index contributed by atoms with van der Waals surface area (Å²) in [6.45, 7) is 3.20. The minimum Gasteiger partial charge on any atom is -0.478 e. The number of nitrogens with zero attached hydrogens (tertiary/aromatic N) is 2. The van der Waals surface area contributed by atoms with Gasteiger partial charge in [-0.05, 0) is 25.1 Å². The first kappa shape index (κ1) is 18.7. The van der Waals surface area contributed by atoms with Gasteiger partial charge >= 0.3 is 5.97 Å². The average molecular weight is 402 g/mol. The quantitative estimate of drug-likeness (QED) is 0.601. The zero-order valence-electron chi connectivity index (χ0n) is 14.3. The van der Waals surface area contributed by atoms with E-state index in [1.165, 1.54) is 41.7 Å². The monoisotopic (exact) mass is 402 g/mol. The normalized spacial score (nSPS) is 10.4. The summed E-state index contributed by atoms with van der Waals surface area (Å²) in [7, 11) is 0. The lowest BCUT2D eigenvalue weighted by atomic mass is 10.2. The molecule has 0 saturated heterocycles. The molecule has 1 aromatic carbocycles. The van der Waals surface area contributed by atoms with Crippen molar-refractivity contribution >= 4 is 51.3 Å². The molecular formula is C17H14N4O4S2. The first-order valence-corrected chi connectivity index (χ1v) is 9.38. The summed E-state index contributed by atoms with van der Waals surface area (Å²) in [6.07, 6.45) is 0. The van der Waals surface area contributed by atoms with E-state index in [9.17, 15) is 14.4 Å². The Morgan fingerprint density at radius 1 is 1.15 bits per heavy atom. The second-order valence-electron chi connectivity index (χ2n) is 5.49. The molecule has 0 atom stereocenters. The molecule has 2 amide bonds. The van der Waals surface area contributed by atoms with Gasteiger partial charge < -0.3 is 15.7 Å². The summed E-state index contributed by atoms with van der Waals surface area (Å²) in [5, 5.41) is 16.7. The van der Waals surface area contributed by atoms with E-state index in [0.29, 0.717) is 22.2 Å². The number of thiazole rings is 2. The van der Waals surface area contributed by atoms with Crippen molar-refractivity contribution in [1.29, 1.82) is 0 Å². The summed E-state index contributed by atoms with van der Waals surface area (Å²) in [5.74, 6) is -1.71. The number of benzene rings is 1. The van der Waals surface area contributed by atoms with Gasteiger partial charge in [0.05, 0.1) is 21.8 Å². The lowest BCUT2D eigenvalue weighted by Crippen LogP contribution is -2.12. The smallest absolute Gasteiger partial charge is 0.335 e. The number of carboxylic acids is 1. The molecule has 8 nitrogen and oxygen atoms in total. The summed E-state index contributed by atoms with van der Waals surface area (Å²) < 4.78 is 0. The van der Waals surface area contributed by atoms with Gasteiger partial charge in [0.25, 0.3) is 5.91 Å². The molecule has 138 valence electrons. The number of hydrogen-bond acceptors (Lipinski definition) is 7. The Bertz CT molecular complexity index is 1040. The van der Waals surface area contributed by atoms with Gasteiger partial charge in [-0.2, -0.15) is 0 Å². The van der Waals surface area contributed by atoms with Crippen LogP contribution in [-0.4, -0.2) is 32.9 Å². The Morgan fingerprint density at radius 3 is 2.63 bits per heavy atom. The van der Waals surface area contributed by atoms with Gasteiger partial charge in [-0.3, -0.25) is 9.59 Å². The molecule has 3 aromatic rings. The highest BCUT2D eigenvalue weighted by Gasteiger charge is 2.17. The van der Waals surface area contributed by atoms with Crippen LogP contribution in [0.25, 0.3) is 10.6 Å². The molecule has 0 aliphatic carbocycles. The highest BCUT2D eigenvalue weighted by atomic mass is 32.1. The van der Waals surface area contributed by atoms with Crippen LogP contribution in [0.1, 0.15) is 32.8 Å². The molecule has 3 rings (SSSR count). The average Bonchev–Trinajstić information content (AvgIpc) is 3.21. The number of amides is 2. The molecule has 0 spiro atoms. The van der Waals surface area contributed by atoms with Crippen LogP contribution in [0.3, 0.4) is 0 Å². The number of nitrogens with one attached hydrogen (secondary N) is 2. The lowest BCUT2D eigenvalue weighted by Gasteiger charge is -2.03. The third-order valence-electron chi connectivity index (χ3n) is 3.38. The summed E-state index contributed by atoms with van der Waals surface area (Å²) in [4.78, 5) is 43.9. The summed E-state index contributed by atoms with van der Waals surface area (Å²) in [5.41, 5.74) is 1.75. The van der Waals surface area contributed by atoms with Crippen LogP contribution < -0.4 is 10.6 Å². The van der Waals surface area contributed by atoms with Crippen molar-refractivity contribution in [3.05, 3.63) is 45.9 Å². The molecule has 0 aliphatic heterocycles. The van der Waals surface area contributed by atoms with E-state index in [1.54, 1.807) is 24.4 Å². The van der Waals surface area contributed by atoms with Crippen LogP contribution in [-0.2, 0) is 4.79 Å². The van der Waals surface area contributed by atoms with Crippen molar-refractivity contribution in [2.75, 3.05) is 10.6 Å². The maximum Gasteiger partial charge on any atom is 0.335 e. The molecule has 10 heteroatoms. The Labute approximate surface area is 161 Å². The van der Waals surface area contributed by atoms with Crippen LogP contribution in [0.4, 0.5) is 10.8 Å². The number of carbonyl (C=O) groups excluding carboxylic acids is 2. The molecule has 3 N–H and O–H groups in total. The fraction of sp³-hybridized carbons (Fsp3) is 0.118. The molecule has 0 aliphatic rings. The van der Waals surface area contributed by atoms with Crippen molar-refractivity contribution < 1.29 is 19.5 Å². The Hall–Kier alpha value is -3.11. The lowest BCUT2D eigenvalue weighted by molar-refractivity contribution is -0.114. The molecule has 0 unspecified atom stereocenters. The maximum atomic E-state index is 12.4. The number of aryl methyl sites for hydroxylation is 1. The molecule has 0 saturated carbocycles. The zero-order chi connectivity index (χ0) is 19.6. The summed E-state index contributed by atoms with van der Waals surface area (Å²) in [6, 6.07) is 5.98.